The van der Waals surface area contributed by atoms with Gasteiger partial charge in [-0.3, -0.25) is 19.2 Å². The zero-order valence-electron chi connectivity index (χ0n) is 20.3. The minimum atomic E-state index is -3.79. The van der Waals surface area contributed by atoms with Gasteiger partial charge in [0.05, 0.1) is 5.44 Å². The second kappa shape index (κ2) is 8.80. The molecule has 14 heteroatoms. The van der Waals surface area contributed by atoms with E-state index in [2.05, 4.69) is 5.32 Å². The smallest absolute Gasteiger partial charge is 0.349 e. The lowest BCUT2D eigenvalue weighted by Crippen LogP contribution is -2.64. The van der Waals surface area contributed by atoms with Gasteiger partial charge in [-0.05, 0) is 35.7 Å². The summed E-state index contributed by atoms with van der Waals surface area (Å²) in [6.07, 6.45) is 0.355. The zero-order valence-corrected chi connectivity index (χ0v) is 21.1. The van der Waals surface area contributed by atoms with Crippen LogP contribution in [0.4, 0.5) is 8.78 Å². The normalized spacial score (nSPS) is 20.5. The number of benzene rings is 2. The van der Waals surface area contributed by atoms with Gasteiger partial charge in [-0.25, -0.2) is 0 Å². The molecular weight excluding hydrogens is 487 g/mol. The molecule has 2 aliphatic rings. The maximum atomic E-state index is 14.8. The number of nitrogens with one attached hydrogen (secondary N) is 1. The lowest BCUT2D eigenvalue weighted by Gasteiger charge is -2.43. The van der Waals surface area contributed by atoms with Crippen molar-refractivity contribution in [1.29, 1.82) is 0 Å². The fourth-order valence-corrected chi connectivity index (χ4v) is 4.81. The highest BCUT2D eigenvalue weighted by molar-refractivity contribution is 6.41. The second-order valence-corrected chi connectivity index (χ2v) is 10.4. The number of hydrogen-bond donors (Lipinski definition) is 1. The maximum Gasteiger partial charge on any atom is 0.349 e. The number of rotatable bonds is 5. The Hall–Kier alpha value is -3.07. The lowest BCUT2D eigenvalue weighted by atomic mass is 9.57. The summed E-state index contributed by atoms with van der Waals surface area (Å²) in [7, 11) is 6.22. The molecule has 1 N–H and O–H groups in total. The third kappa shape index (κ3) is 4.23. The molecule has 7 nitrogen and oxygen atoms in total. The number of hydrogen-bond acceptors (Lipinski definition) is 4. The van der Waals surface area contributed by atoms with Crippen molar-refractivity contribution in [2.75, 3.05) is 0 Å². The number of nitrogens with zero attached hydrogens (tertiary/aromatic N) is 2. The van der Waals surface area contributed by atoms with Gasteiger partial charge < -0.3 is 15.0 Å². The molecule has 1 atom stereocenters. The van der Waals surface area contributed by atoms with Gasteiger partial charge in [0.1, 0.15) is 23.5 Å². The van der Waals surface area contributed by atoms with Crippen LogP contribution < -0.4 is 5.32 Å². The van der Waals surface area contributed by atoms with Crippen LogP contribution in [0.2, 0.25) is 5.02 Å². The first-order valence-corrected chi connectivity index (χ1v) is 11.8. The van der Waals surface area contributed by atoms with Crippen LogP contribution >= 0.6 is 11.6 Å². The van der Waals surface area contributed by atoms with Gasteiger partial charge in [-0.1, -0.05) is 35.9 Å². The van der Waals surface area contributed by atoms with Crippen LogP contribution in [0.5, 0.6) is 0 Å². The molecule has 4 rings (SSSR count). The lowest BCUT2D eigenvalue weighted by molar-refractivity contribution is -0.148. The molecule has 2 aliphatic heterocycles. The van der Waals surface area contributed by atoms with Crippen LogP contribution in [0, 0.1) is 0 Å². The molecule has 1 saturated heterocycles. The van der Waals surface area contributed by atoms with Gasteiger partial charge in [0, 0.05) is 34.5 Å². The summed E-state index contributed by atoms with van der Waals surface area (Å²) < 4.78 is 29.7. The molecule has 0 spiro atoms. The minimum absolute atomic E-state index is 0.122. The highest BCUT2D eigenvalue weighted by Gasteiger charge is 2.50. The molecule has 4 amide bonds. The third-order valence-corrected chi connectivity index (χ3v) is 7.36. The molecule has 0 radical (unpaired) electrons. The van der Waals surface area contributed by atoms with Crippen LogP contribution in [-0.2, 0) is 32.2 Å². The molecule has 0 bridgehead atoms. The molecule has 2 aromatic rings. The average molecular weight is 509 g/mol. The molecule has 2 heterocycles. The van der Waals surface area contributed by atoms with E-state index < -0.39 is 34.1 Å². The predicted molar refractivity (Wildman–Crippen MR) is 139 cm³/mol. The van der Waals surface area contributed by atoms with Crippen molar-refractivity contribution in [2.45, 2.75) is 36.1 Å². The number of carbonyl (C=O) groups is 4. The Morgan fingerprint density at radius 2 is 1.67 bits per heavy atom. The maximum absolute atomic E-state index is 14.8. The van der Waals surface area contributed by atoms with Crippen LogP contribution in [0.1, 0.15) is 39.9 Å². The van der Waals surface area contributed by atoms with E-state index >= 15 is 0 Å². The fourth-order valence-electron chi connectivity index (χ4n) is 4.68. The molecule has 36 heavy (non-hydrogen) atoms. The fraction of sp³-hybridized carbons (Fsp3) is 0.273. The Bertz CT molecular complexity index is 1290. The summed E-state index contributed by atoms with van der Waals surface area (Å²) in [6, 6.07) is 9.63. The summed E-state index contributed by atoms with van der Waals surface area (Å²) in [5.74, 6) is -6.34. The Balaban J connectivity index is 1.57. The van der Waals surface area contributed by atoms with Gasteiger partial charge in [0.15, 0.2) is 0 Å². The summed E-state index contributed by atoms with van der Waals surface area (Å²) in [5.41, 5.74) is -0.143. The number of alkyl halides is 2. The largest absolute Gasteiger partial charge is 0.357 e. The highest BCUT2D eigenvalue weighted by Crippen LogP contribution is 2.36. The van der Waals surface area contributed by atoms with Crippen molar-refractivity contribution in [1.82, 2.24) is 15.0 Å². The molecule has 182 valence electrons. The summed E-state index contributed by atoms with van der Waals surface area (Å²) in [5, 5.41) is 1.49. The number of imide groups is 1. The standard InChI is InChI=1S/C22H22B4ClF2N3O4/c23-20(8-7-16(33)32(26)19(20)36)31-10-11-9-13(3-6-15(11)17(31)34)22(24,25)30-18(35)21(28,29)12-1-4-14(27)5-2-12/h1-6,9H,7-8,10,23-26H2,(H,30,35)/t20-/m0/s1. The van der Waals surface area contributed by atoms with Crippen molar-refractivity contribution in [2.24, 2.45) is 0 Å². The first kappa shape index (κ1) is 26.0. The van der Waals surface area contributed by atoms with E-state index in [9.17, 15) is 28.0 Å². The predicted octanol–water partition coefficient (Wildman–Crippen LogP) is -1.39. The van der Waals surface area contributed by atoms with Crippen molar-refractivity contribution < 1.29 is 28.0 Å². The van der Waals surface area contributed by atoms with E-state index in [1.807, 2.05) is 0 Å². The molecule has 0 aliphatic carbocycles. The van der Waals surface area contributed by atoms with Gasteiger partial charge in [0.25, 0.3) is 11.8 Å². The van der Waals surface area contributed by atoms with E-state index in [0.29, 0.717) is 16.7 Å². The van der Waals surface area contributed by atoms with Crippen molar-refractivity contribution in [3.05, 3.63) is 69.7 Å². The number of piperidine rings is 1. The number of carbonyl (C=O) groups excluding carboxylic acids is 4. The molecule has 1 fully saturated rings. The van der Waals surface area contributed by atoms with Crippen LogP contribution in [0.25, 0.3) is 0 Å². The SMILES string of the molecule is BN1C(=O)CC[C@](B)(N2Cc3cc(C(B)(B)NC(=O)C(F)(F)c4ccc(Cl)cc4)ccc3C2=O)C1=O. The molecule has 0 saturated carbocycles. The Morgan fingerprint density at radius 3 is 2.31 bits per heavy atom. The first-order chi connectivity index (χ1) is 16.7. The van der Waals surface area contributed by atoms with Gasteiger partial charge in [-0.15, -0.1) is 0 Å². The van der Waals surface area contributed by atoms with Crippen molar-refractivity contribution >= 4 is 66.7 Å². The van der Waals surface area contributed by atoms with Crippen LogP contribution in [0.3, 0.4) is 0 Å². The Morgan fingerprint density at radius 1 is 1.06 bits per heavy atom. The monoisotopic (exact) mass is 509 g/mol. The minimum Gasteiger partial charge on any atom is -0.357 e. The molecule has 0 unspecified atom stereocenters. The highest BCUT2D eigenvalue weighted by atomic mass is 35.5. The van der Waals surface area contributed by atoms with E-state index in [1.165, 1.54) is 25.0 Å². The first-order valence-electron chi connectivity index (χ1n) is 11.4. The van der Waals surface area contributed by atoms with E-state index in [-0.39, 0.29) is 36.2 Å². The average Bonchev–Trinajstić information content (AvgIpc) is 3.17. The van der Waals surface area contributed by atoms with Crippen LogP contribution in [-0.4, -0.2) is 70.3 Å². The second-order valence-electron chi connectivity index (χ2n) is 9.96. The quantitative estimate of drug-likeness (QED) is 0.398. The summed E-state index contributed by atoms with van der Waals surface area (Å²) in [4.78, 5) is 53.1. The topological polar surface area (TPSA) is 86.8 Å². The van der Waals surface area contributed by atoms with E-state index in [1.54, 1.807) is 41.7 Å². The number of fused-ring (bicyclic) bond motifs is 1. The summed E-state index contributed by atoms with van der Waals surface area (Å²) in [6.45, 7) is 0.122. The molecular formula is C22H22B4ClF2N3O4. The van der Waals surface area contributed by atoms with Gasteiger partial charge in [0.2, 0.25) is 19.8 Å². The van der Waals surface area contributed by atoms with Crippen molar-refractivity contribution in [3.8, 4) is 0 Å². The Labute approximate surface area is 215 Å². The third-order valence-electron chi connectivity index (χ3n) is 7.11. The van der Waals surface area contributed by atoms with Crippen LogP contribution in [0.15, 0.2) is 42.5 Å². The summed E-state index contributed by atoms with van der Waals surface area (Å²) >= 11 is 5.77. The zero-order chi connectivity index (χ0) is 26.6. The molecule has 2 aromatic carbocycles. The van der Waals surface area contributed by atoms with Gasteiger partial charge in [-0.2, -0.15) is 8.78 Å². The van der Waals surface area contributed by atoms with Crippen molar-refractivity contribution in [3.63, 3.8) is 0 Å². The van der Waals surface area contributed by atoms with Gasteiger partial charge >= 0.3 is 5.92 Å². The number of halogens is 3. The number of amides is 4. The molecule has 0 aromatic heterocycles. The Kier molecular flexibility index (Phi) is 6.35. The van der Waals surface area contributed by atoms with E-state index in [0.717, 1.165) is 16.9 Å². The van der Waals surface area contributed by atoms with E-state index in [4.69, 9.17) is 11.6 Å².